The van der Waals surface area contributed by atoms with Crippen LogP contribution in [0.15, 0.2) is 0 Å². The predicted molar refractivity (Wildman–Crippen MR) is 55.1 cm³/mol. The van der Waals surface area contributed by atoms with Gasteiger partial charge in [-0.05, 0) is 25.8 Å². The molecule has 0 saturated carbocycles. The highest BCUT2D eigenvalue weighted by molar-refractivity contribution is 5.83. The fraction of sp³-hybridized carbons (Fsp3) is 0.900. The van der Waals surface area contributed by atoms with Gasteiger partial charge < -0.3 is 15.5 Å². The number of nitrogens with zero attached hydrogens (tertiary/aromatic N) is 1. The van der Waals surface area contributed by atoms with Gasteiger partial charge in [0.25, 0.3) is 0 Å². The van der Waals surface area contributed by atoms with E-state index in [0.29, 0.717) is 6.04 Å². The summed E-state index contributed by atoms with van der Waals surface area (Å²) in [5, 5.41) is 6.77. The molecule has 1 amide bonds. The number of nitrogens with one attached hydrogen (secondary N) is 2. The van der Waals surface area contributed by atoms with Gasteiger partial charge in [0.1, 0.15) is 0 Å². The fourth-order valence-corrected chi connectivity index (χ4v) is 2.23. The van der Waals surface area contributed by atoms with Crippen LogP contribution in [0.1, 0.15) is 19.3 Å². The highest BCUT2D eigenvalue weighted by Gasteiger charge is 2.29. The number of carbonyl (C=O) groups is 1. The lowest BCUT2D eigenvalue weighted by atomic mass is 10.2. The van der Waals surface area contributed by atoms with Crippen molar-refractivity contribution in [1.82, 2.24) is 15.5 Å². The fourth-order valence-electron chi connectivity index (χ4n) is 2.23. The summed E-state index contributed by atoms with van der Waals surface area (Å²) in [6.07, 6.45) is 3.47. The van der Waals surface area contributed by atoms with Crippen molar-refractivity contribution in [2.24, 2.45) is 0 Å². The van der Waals surface area contributed by atoms with Gasteiger partial charge in [-0.1, -0.05) is 0 Å². The SMILES string of the molecule is CN1CCC(NCC2CCCN2)C1=O. The van der Waals surface area contributed by atoms with E-state index < -0.39 is 0 Å². The first kappa shape index (κ1) is 9.93. The summed E-state index contributed by atoms with van der Waals surface area (Å²) in [4.78, 5) is 13.4. The van der Waals surface area contributed by atoms with E-state index in [9.17, 15) is 4.79 Å². The Balaban J connectivity index is 1.72. The van der Waals surface area contributed by atoms with Crippen molar-refractivity contribution < 1.29 is 4.79 Å². The Morgan fingerprint density at radius 2 is 2.43 bits per heavy atom. The Kier molecular flexibility index (Phi) is 3.03. The standard InChI is InChI=1S/C10H19N3O/c1-13-6-4-9(10(13)14)12-7-8-3-2-5-11-8/h8-9,11-12H,2-7H2,1H3. The van der Waals surface area contributed by atoms with Gasteiger partial charge in [-0.3, -0.25) is 4.79 Å². The van der Waals surface area contributed by atoms with Crippen molar-refractivity contribution in [3.05, 3.63) is 0 Å². The van der Waals surface area contributed by atoms with E-state index in [-0.39, 0.29) is 11.9 Å². The third kappa shape index (κ3) is 2.07. The Bertz CT molecular complexity index is 213. The van der Waals surface area contributed by atoms with Crippen molar-refractivity contribution >= 4 is 5.91 Å². The van der Waals surface area contributed by atoms with E-state index in [1.54, 1.807) is 4.90 Å². The van der Waals surface area contributed by atoms with E-state index in [1.807, 2.05) is 7.05 Å². The number of likely N-dealkylation sites (N-methyl/N-ethyl adjacent to an activating group) is 1. The number of rotatable bonds is 3. The van der Waals surface area contributed by atoms with Gasteiger partial charge >= 0.3 is 0 Å². The van der Waals surface area contributed by atoms with E-state index in [0.717, 1.165) is 26.1 Å². The molecule has 0 aromatic rings. The second kappa shape index (κ2) is 4.28. The smallest absolute Gasteiger partial charge is 0.239 e. The van der Waals surface area contributed by atoms with Crippen LogP contribution in [0.5, 0.6) is 0 Å². The molecule has 2 N–H and O–H groups in total. The highest BCUT2D eigenvalue weighted by atomic mass is 16.2. The maximum absolute atomic E-state index is 11.6. The molecule has 0 radical (unpaired) electrons. The summed E-state index contributed by atoms with van der Waals surface area (Å²) in [5.41, 5.74) is 0. The molecular formula is C10H19N3O. The number of carbonyl (C=O) groups excluding carboxylic acids is 1. The molecule has 2 aliphatic rings. The minimum Gasteiger partial charge on any atom is -0.344 e. The van der Waals surface area contributed by atoms with Gasteiger partial charge in [-0.2, -0.15) is 0 Å². The average Bonchev–Trinajstić information content (AvgIpc) is 2.77. The van der Waals surface area contributed by atoms with Crippen molar-refractivity contribution in [2.75, 3.05) is 26.7 Å². The van der Waals surface area contributed by atoms with Crippen LogP contribution in [-0.4, -0.2) is 49.6 Å². The predicted octanol–water partition coefficient (Wildman–Crippen LogP) is -0.441. The topological polar surface area (TPSA) is 44.4 Å². The lowest BCUT2D eigenvalue weighted by Crippen LogP contribution is -2.43. The molecule has 2 atom stereocenters. The van der Waals surface area contributed by atoms with E-state index in [2.05, 4.69) is 10.6 Å². The Morgan fingerprint density at radius 1 is 1.57 bits per heavy atom. The molecule has 2 aliphatic heterocycles. The largest absolute Gasteiger partial charge is 0.344 e. The average molecular weight is 197 g/mol. The molecule has 0 bridgehead atoms. The van der Waals surface area contributed by atoms with Crippen LogP contribution in [0.3, 0.4) is 0 Å². The van der Waals surface area contributed by atoms with Gasteiger partial charge in [-0.25, -0.2) is 0 Å². The monoisotopic (exact) mass is 197 g/mol. The second-order valence-electron chi connectivity index (χ2n) is 4.30. The molecule has 0 spiro atoms. The quantitative estimate of drug-likeness (QED) is 0.644. The summed E-state index contributed by atoms with van der Waals surface area (Å²) < 4.78 is 0. The first-order valence-electron chi connectivity index (χ1n) is 5.49. The highest BCUT2D eigenvalue weighted by Crippen LogP contribution is 2.09. The molecule has 2 unspecified atom stereocenters. The third-order valence-corrected chi connectivity index (χ3v) is 3.20. The lowest BCUT2D eigenvalue weighted by molar-refractivity contribution is -0.128. The minimum atomic E-state index is 0.0717. The van der Waals surface area contributed by atoms with E-state index in [4.69, 9.17) is 0 Å². The van der Waals surface area contributed by atoms with Crippen molar-refractivity contribution in [1.29, 1.82) is 0 Å². The summed E-state index contributed by atoms with van der Waals surface area (Å²) in [6.45, 7) is 2.96. The molecule has 4 nitrogen and oxygen atoms in total. The maximum atomic E-state index is 11.6. The molecule has 2 fully saturated rings. The van der Waals surface area contributed by atoms with Crippen LogP contribution in [0.25, 0.3) is 0 Å². The Labute approximate surface area is 85.0 Å². The third-order valence-electron chi connectivity index (χ3n) is 3.20. The first-order valence-corrected chi connectivity index (χ1v) is 5.49. The molecule has 2 rings (SSSR count). The minimum absolute atomic E-state index is 0.0717. The second-order valence-corrected chi connectivity index (χ2v) is 4.30. The number of likely N-dealkylation sites (tertiary alicyclic amines) is 1. The van der Waals surface area contributed by atoms with Crippen LogP contribution in [0.4, 0.5) is 0 Å². The molecule has 80 valence electrons. The zero-order valence-corrected chi connectivity index (χ0v) is 8.75. The van der Waals surface area contributed by atoms with Gasteiger partial charge in [0.15, 0.2) is 0 Å². The summed E-state index contributed by atoms with van der Waals surface area (Å²) in [5.74, 6) is 0.253. The van der Waals surface area contributed by atoms with Crippen molar-refractivity contribution in [3.8, 4) is 0 Å². The van der Waals surface area contributed by atoms with Crippen LogP contribution in [0, 0.1) is 0 Å². The van der Waals surface area contributed by atoms with Crippen LogP contribution < -0.4 is 10.6 Å². The number of hydrogen-bond donors (Lipinski definition) is 2. The van der Waals surface area contributed by atoms with Crippen LogP contribution >= 0.6 is 0 Å². The van der Waals surface area contributed by atoms with Gasteiger partial charge in [0.05, 0.1) is 6.04 Å². The molecule has 0 aromatic heterocycles. The Morgan fingerprint density at radius 3 is 3.00 bits per heavy atom. The molecule has 4 heteroatoms. The molecule has 2 heterocycles. The Hall–Kier alpha value is -0.610. The van der Waals surface area contributed by atoms with Crippen LogP contribution in [0.2, 0.25) is 0 Å². The van der Waals surface area contributed by atoms with Gasteiger partial charge in [-0.15, -0.1) is 0 Å². The summed E-state index contributed by atoms with van der Waals surface area (Å²) >= 11 is 0. The number of hydrogen-bond acceptors (Lipinski definition) is 3. The van der Waals surface area contributed by atoms with Crippen LogP contribution in [-0.2, 0) is 4.79 Å². The summed E-state index contributed by atoms with van der Waals surface area (Å²) in [6, 6.07) is 0.649. The summed E-state index contributed by atoms with van der Waals surface area (Å²) in [7, 11) is 1.87. The molecular weight excluding hydrogens is 178 g/mol. The molecule has 14 heavy (non-hydrogen) atoms. The van der Waals surface area contributed by atoms with Crippen molar-refractivity contribution in [2.45, 2.75) is 31.3 Å². The van der Waals surface area contributed by atoms with Crippen molar-refractivity contribution in [3.63, 3.8) is 0 Å². The molecule has 0 aromatic carbocycles. The van der Waals surface area contributed by atoms with Gasteiger partial charge in [0, 0.05) is 26.2 Å². The maximum Gasteiger partial charge on any atom is 0.239 e. The normalized spacial score (nSPS) is 32.9. The molecule has 0 aliphatic carbocycles. The molecule has 2 saturated heterocycles. The first-order chi connectivity index (χ1) is 6.77. The van der Waals surface area contributed by atoms with E-state index in [1.165, 1.54) is 12.8 Å². The lowest BCUT2D eigenvalue weighted by Gasteiger charge is -2.15. The zero-order valence-electron chi connectivity index (χ0n) is 8.75. The van der Waals surface area contributed by atoms with Gasteiger partial charge in [0.2, 0.25) is 5.91 Å². The zero-order chi connectivity index (χ0) is 9.97. The number of amides is 1. The van der Waals surface area contributed by atoms with E-state index >= 15 is 0 Å².